The Morgan fingerprint density at radius 3 is 2.16 bits per heavy atom. The standard InChI is InChI=1S/C22H18BrN5O2.C10H10BrNO/c1-22(2)18-15(23)9-6-10-16(18)27(20(22)30)12-14-11-17(29)28-21(24-14)25-19(26-28)13-7-4-3-5-8-13;1-10(2)8-6(11)4-3-5-7(8)12-9(10)13/h3-11H,12H2,1-2H3,(H,24,25,26);3-5H,1-2H3,(H,12,13). The molecule has 0 unspecified atom stereocenters. The first-order valence-electron chi connectivity index (χ1n) is 13.6. The number of nitrogens with zero attached hydrogens (tertiary/aromatic N) is 4. The predicted octanol–water partition coefficient (Wildman–Crippen LogP) is 6.35. The Balaban J connectivity index is 0.000000211. The molecular weight excluding hydrogens is 676 g/mol. The number of fused-ring (bicyclic) bond motifs is 3. The number of rotatable bonds is 3. The first-order valence-corrected chi connectivity index (χ1v) is 15.2. The summed E-state index contributed by atoms with van der Waals surface area (Å²) in [7, 11) is 0. The van der Waals surface area contributed by atoms with Gasteiger partial charge in [0.1, 0.15) is 0 Å². The molecule has 0 saturated carbocycles. The van der Waals surface area contributed by atoms with Crippen molar-refractivity contribution in [1.82, 2.24) is 19.6 Å². The summed E-state index contributed by atoms with van der Waals surface area (Å²) in [6.07, 6.45) is 0. The highest BCUT2D eigenvalue weighted by atomic mass is 79.9. The number of nitrogens with one attached hydrogen (secondary N) is 2. The Hall–Kier alpha value is -4.09. The van der Waals surface area contributed by atoms with Crippen molar-refractivity contribution in [2.45, 2.75) is 45.1 Å². The lowest BCUT2D eigenvalue weighted by atomic mass is 9.86. The van der Waals surface area contributed by atoms with Crippen molar-refractivity contribution in [3.05, 3.63) is 109 Å². The summed E-state index contributed by atoms with van der Waals surface area (Å²) in [5, 5.41) is 5.85. The molecule has 2 amide bonds. The number of carbonyl (C=O) groups excluding carboxylic acids is 2. The van der Waals surface area contributed by atoms with Crippen LogP contribution in [0.25, 0.3) is 17.2 Å². The number of aromatic amines is 1. The van der Waals surface area contributed by atoms with Crippen LogP contribution >= 0.6 is 31.9 Å². The van der Waals surface area contributed by atoms with Crippen molar-refractivity contribution in [2.75, 3.05) is 10.2 Å². The second-order valence-corrected chi connectivity index (χ2v) is 13.3. The van der Waals surface area contributed by atoms with Crippen LogP contribution in [0.3, 0.4) is 0 Å². The molecule has 2 aliphatic rings. The maximum atomic E-state index is 13.2. The minimum absolute atomic E-state index is 0.0293. The fourth-order valence-corrected chi connectivity index (χ4v) is 7.33. The molecule has 0 fully saturated rings. The largest absolute Gasteiger partial charge is 0.325 e. The lowest BCUT2D eigenvalue weighted by Gasteiger charge is -2.20. The zero-order valence-electron chi connectivity index (χ0n) is 23.9. The van der Waals surface area contributed by atoms with E-state index in [-0.39, 0.29) is 29.7 Å². The average molecular weight is 704 g/mol. The van der Waals surface area contributed by atoms with E-state index in [9.17, 15) is 14.4 Å². The Kier molecular flexibility index (Phi) is 7.13. The normalized spacial score (nSPS) is 16.0. The van der Waals surface area contributed by atoms with E-state index in [1.807, 2.05) is 94.4 Å². The van der Waals surface area contributed by atoms with Crippen LogP contribution in [0, 0.1) is 0 Å². The fraction of sp³-hybridized carbons (Fsp3) is 0.219. The first kappa shape index (κ1) is 29.0. The fourth-order valence-electron chi connectivity index (χ4n) is 5.62. The summed E-state index contributed by atoms with van der Waals surface area (Å²) < 4.78 is 3.20. The van der Waals surface area contributed by atoms with Gasteiger partial charge in [-0.25, -0.2) is 4.98 Å². The number of anilines is 2. The quantitative estimate of drug-likeness (QED) is 0.228. The van der Waals surface area contributed by atoms with Gasteiger partial charge in [0.25, 0.3) is 11.3 Å². The monoisotopic (exact) mass is 702 g/mol. The third kappa shape index (κ3) is 4.90. The van der Waals surface area contributed by atoms with Crippen molar-refractivity contribution in [3.8, 4) is 11.4 Å². The molecule has 11 heteroatoms. The van der Waals surface area contributed by atoms with Gasteiger partial charge in [0.15, 0.2) is 5.82 Å². The Bertz CT molecular complexity index is 1980. The highest BCUT2D eigenvalue weighted by molar-refractivity contribution is 9.10. The second kappa shape index (κ2) is 10.6. The number of benzene rings is 3. The molecule has 2 aliphatic heterocycles. The Morgan fingerprint density at radius 1 is 0.791 bits per heavy atom. The molecule has 0 aliphatic carbocycles. The van der Waals surface area contributed by atoms with E-state index in [1.165, 1.54) is 10.6 Å². The van der Waals surface area contributed by atoms with Crippen LogP contribution in [0.2, 0.25) is 0 Å². The van der Waals surface area contributed by atoms with Crippen LogP contribution < -0.4 is 15.8 Å². The van der Waals surface area contributed by atoms with Gasteiger partial charge in [0.2, 0.25) is 11.8 Å². The van der Waals surface area contributed by atoms with Crippen LogP contribution in [0.15, 0.2) is 86.5 Å². The molecule has 0 radical (unpaired) electrons. The summed E-state index contributed by atoms with van der Waals surface area (Å²) >= 11 is 7.03. The van der Waals surface area contributed by atoms with Gasteiger partial charge < -0.3 is 10.2 Å². The van der Waals surface area contributed by atoms with Gasteiger partial charge in [-0.1, -0.05) is 74.3 Å². The molecule has 0 spiro atoms. The number of halogens is 2. The maximum absolute atomic E-state index is 13.2. The molecule has 218 valence electrons. The van der Waals surface area contributed by atoms with Gasteiger partial charge in [-0.3, -0.25) is 19.5 Å². The number of carbonyl (C=O) groups is 2. The molecule has 2 N–H and O–H groups in total. The SMILES string of the molecule is CC1(C)C(=O)N(Cc2cc(=O)n3[nH]c(-c4ccccc4)nc3n2)c2cccc(Br)c21.CC1(C)C(=O)Nc2cccc(Br)c21. The second-order valence-electron chi connectivity index (χ2n) is 11.6. The summed E-state index contributed by atoms with van der Waals surface area (Å²) in [6, 6.07) is 22.5. The third-order valence-corrected chi connectivity index (χ3v) is 9.21. The number of hydrogen-bond acceptors (Lipinski definition) is 5. The molecule has 3 aromatic carbocycles. The van der Waals surface area contributed by atoms with E-state index in [1.54, 1.807) is 4.90 Å². The van der Waals surface area contributed by atoms with E-state index in [0.717, 1.165) is 37.0 Å². The lowest BCUT2D eigenvalue weighted by Crippen LogP contribution is -2.36. The van der Waals surface area contributed by atoms with Gasteiger partial charge in [-0.15, -0.1) is 0 Å². The van der Waals surface area contributed by atoms with Crippen LogP contribution in [0.5, 0.6) is 0 Å². The van der Waals surface area contributed by atoms with Crippen molar-refractivity contribution in [3.63, 3.8) is 0 Å². The molecule has 5 aromatic rings. The lowest BCUT2D eigenvalue weighted by molar-refractivity contribution is -0.122. The number of hydrogen-bond donors (Lipinski definition) is 2. The van der Waals surface area contributed by atoms with E-state index in [4.69, 9.17) is 0 Å². The molecule has 0 atom stereocenters. The third-order valence-electron chi connectivity index (χ3n) is 7.89. The molecule has 7 rings (SSSR count). The smallest absolute Gasteiger partial charge is 0.274 e. The van der Waals surface area contributed by atoms with Gasteiger partial charge in [0, 0.05) is 43.1 Å². The van der Waals surface area contributed by atoms with Crippen molar-refractivity contribution >= 4 is 60.8 Å². The Labute approximate surface area is 264 Å². The van der Waals surface area contributed by atoms with Gasteiger partial charge in [-0.2, -0.15) is 9.50 Å². The summed E-state index contributed by atoms with van der Waals surface area (Å²) in [5.74, 6) is 0.870. The minimum atomic E-state index is -0.665. The molecule has 2 aromatic heterocycles. The highest BCUT2D eigenvalue weighted by Gasteiger charge is 2.45. The van der Waals surface area contributed by atoms with Crippen molar-refractivity contribution in [1.29, 1.82) is 0 Å². The van der Waals surface area contributed by atoms with Gasteiger partial charge in [0.05, 0.1) is 23.1 Å². The van der Waals surface area contributed by atoms with E-state index < -0.39 is 10.8 Å². The van der Waals surface area contributed by atoms with Crippen molar-refractivity contribution in [2.24, 2.45) is 0 Å². The van der Waals surface area contributed by atoms with E-state index in [0.29, 0.717) is 11.5 Å². The molecule has 9 nitrogen and oxygen atoms in total. The molecular formula is C32H28Br2N6O3. The van der Waals surface area contributed by atoms with Crippen LogP contribution in [0.1, 0.15) is 44.5 Å². The van der Waals surface area contributed by atoms with Gasteiger partial charge >= 0.3 is 0 Å². The van der Waals surface area contributed by atoms with Gasteiger partial charge in [-0.05, 0) is 52.0 Å². The first-order chi connectivity index (χ1) is 20.4. The topological polar surface area (TPSA) is 112 Å². The highest BCUT2D eigenvalue weighted by Crippen LogP contribution is 2.46. The van der Waals surface area contributed by atoms with Crippen molar-refractivity contribution < 1.29 is 9.59 Å². The molecule has 43 heavy (non-hydrogen) atoms. The van der Waals surface area contributed by atoms with E-state index >= 15 is 0 Å². The summed E-state index contributed by atoms with van der Waals surface area (Å²) in [4.78, 5) is 48.1. The van der Waals surface area contributed by atoms with Crippen LogP contribution in [-0.4, -0.2) is 31.4 Å². The molecule has 4 heterocycles. The maximum Gasteiger partial charge on any atom is 0.274 e. The zero-order chi connectivity index (χ0) is 30.7. The zero-order valence-corrected chi connectivity index (χ0v) is 27.1. The number of H-pyrrole nitrogens is 1. The minimum Gasteiger partial charge on any atom is -0.325 e. The number of aromatic nitrogens is 4. The summed E-state index contributed by atoms with van der Waals surface area (Å²) in [5.41, 5.74) is 3.74. The average Bonchev–Trinajstić information content (AvgIpc) is 3.56. The molecule has 0 saturated heterocycles. The molecule has 0 bridgehead atoms. The Morgan fingerprint density at radius 2 is 1.47 bits per heavy atom. The number of amides is 2. The van der Waals surface area contributed by atoms with Crippen LogP contribution in [0.4, 0.5) is 11.4 Å². The van der Waals surface area contributed by atoms with Crippen LogP contribution in [-0.2, 0) is 27.0 Å². The van der Waals surface area contributed by atoms with E-state index in [2.05, 4.69) is 52.2 Å². The predicted molar refractivity (Wildman–Crippen MR) is 173 cm³/mol. The summed E-state index contributed by atoms with van der Waals surface area (Å²) in [6.45, 7) is 7.87.